The van der Waals surface area contributed by atoms with E-state index in [1.165, 1.54) is 0 Å². The Morgan fingerprint density at radius 3 is 2.71 bits per heavy atom. The Labute approximate surface area is 139 Å². The van der Waals surface area contributed by atoms with Gasteiger partial charge in [-0.15, -0.1) is 0 Å². The quantitative estimate of drug-likeness (QED) is 0.730. The zero-order valence-corrected chi connectivity index (χ0v) is 13.4. The number of para-hydroxylation sites is 1. The number of nitrogens with one attached hydrogen (secondary N) is 2. The Kier molecular flexibility index (Phi) is 6.69. The molecular formula is C18H20F2N2O2. The summed E-state index contributed by atoms with van der Waals surface area (Å²) in [5.74, 6) is -1.52. The van der Waals surface area contributed by atoms with Crippen LogP contribution in [0, 0.1) is 11.6 Å². The van der Waals surface area contributed by atoms with Crippen molar-refractivity contribution in [2.45, 2.75) is 13.0 Å². The molecule has 0 fully saturated rings. The standard InChI is InChI=1S/C18H20F2N2O2/c1-24-9-8-21-17-5-3-2-4-13(17)12-22-18(23)11-14-10-15(19)6-7-16(14)20/h2-7,10,21H,8-9,11-12H2,1H3,(H,22,23). The van der Waals surface area contributed by atoms with Crippen LogP contribution in [0.25, 0.3) is 0 Å². The smallest absolute Gasteiger partial charge is 0.224 e. The van der Waals surface area contributed by atoms with Crippen molar-refractivity contribution in [3.63, 3.8) is 0 Å². The summed E-state index contributed by atoms with van der Waals surface area (Å²) in [7, 11) is 1.62. The Morgan fingerprint density at radius 1 is 1.12 bits per heavy atom. The van der Waals surface area contributed by atoms with Crippen LogP contribution in [0.1, 0.15) is 11.1 Å². The number of methoxy groups -OCH3 is 1. The average Bonchev–Trinajstić information content (AvgIpc) is 2.57. The van der Waals surface area contributed by atoms with Gasteiger partial charge in [-0.3, -0.25) is 4.79 Å². The van der Waals surface area contributed by atoms with Gasteiger partial charge in [0.05, 0.1) is 13.0 Å². The van der Waals surface area contributed by atoms with Crippen molar-refractivity contribution in [2.75, 3.05) is 25.6 Å². The molecule has 2 aromatic carbocycles. The van der Waals surface area contributed by atoms with Crippen LogP contribution in [0.5, 0.6) is 0 Å². The highest BCUT2D eigenvalue weighted by Crippen LogP contribution is 2.15. The molecule has 0 bridgehead atoms. The van der Waals surface area contributed by atoms with Gasteiger partial charge in [0.15, 0.2) is 0 Å². The summed E-state index contributed by atoms with van der Waals surface area (Å²) in [6.07, 6.45) is -0.205. The molecule has 0 aliphatic rings. The second kappa shape index (κ2) is 8.98. The summed E-state index contributed by atoms with van der Waals surface area (Å²) < 4.78 is 31.7. The highest BCUT2D eigenvalue weighted by Gasteiger charge is 2.10. The largest absolute Gasteiger partial charge is 0.383 e. The molecule has 0 saturated heterocycles. The summed E-state index contributed by atoms with van der Waals surface area (Å²) in [5.41, 5.74) is 1.84. The Hall–Kier alpha value is -2.47. The summed E-state index contributed by atoms with van der Waals surface area (Å²) in [4.78, 5) is 12.0. The number of carbonyl (C=O) groups is 1. The summed E-state index contributed by atoms with van der Waals surface area (Å²) in [6, 6.07) is 10.6. The number of hydrogen-bond acceptors (Lipinski definition) is 3. The minimum atomic E-state index is -0.590. The highest BCUT2D eigenvalue weighted by molar-refractivity contribution is 5.78. The maximum atomic E-state index is 13.6. The molecule has 2 aromatic rings. The minimum absolute atomic E-state index is 0.0407. The Bertz CT molecular complexity index is 692. The van der Waals surface area contributed by atoms with Crippen LogP contribution in [0.15, 0.2) is 42.5 Å². The topological polar surface area (TPSA) is 50.4 Å². The van der Waals surface area contributed by atoms with Gasteiger partial charge < -0.3 is 15.4 Å². The first-order valence-corrected chi connectivity index (χ1v) is 7.61. The number of rotatable bonds is 8. The first-order valence-electron chi connectivity index (χ1n) is 7.61. The maximum Gasteiger partial charge on any atom is 0.224 e. The third-order valence-corrected chi connectivity index (χ3v) is 3.47. The van der Waals surface area contributed by atoms with Crippen LogP contribution in [-0.2, 0) is 22.5 Å². The maximum absolute atomic E-state index is 13.6. The lowest BCUT2D eigenvalue weighted by Gasteiger charge is -2.12. The van der Waals surface area contributed by atoms with Crippen molar-refractivity contribution >= 4 is 11.6 Å². The predicted octanol–water partition coefficient (Wildman–Crippen LogP) is 2.88. The van der Waals surface area contributed by atoms with Gasteiger partial charge in [-0.25, -0.2) is 8.78 Å². The van der Waals surface area contributed by atoms with Crippen LogP contribution in [0.4, 0.5) is 14.5 Å². The Morgan fingerprint density at radius 2 is 1.92 bits per heavy atom. The van der Waals surface area contributed by atoms with E-state index in [4.69, 9.17) is 4.74 Å². The fourth-order valence-electron chi connectivity index (χ4n) is 2.24. The van der Waals surface area contributed by atoms with E-state index < -0.39 is 11.6 Å². The molecule has 1 amide bonds. The molecule has 0 aromatic heterocycles. The first kappa shape index (κ1) is 17.9. The van der Waals surface area contributed by atoms with E-state index in [0.29, 0.717) is 19.7 Å². The zero-order chi connectivity index (χ0) is 17.4. The minimum Gasteiger partial charge on any atom is -0.383 e. The van der Waals surface area contributed by atoms with Gasteiger partial charge >= 0.3 is 0 Å². The van der Waals surface area contributed by atoms with Crippen LogP contribution >= 0.6 is 0 Å². The molecule has 2 N–H and O–H groups in total. The van der Waals surface area contributed by atoms with Gasteiger partial charge in [0, 0.05) is 31.5 Å². The third kappa shape index (κ3) is 5.31. The molecule has 6 heteroatoms. The van der Waals surface area contributed by atoms with Gasteiger partial charge in [0.25, 0.3) is 0 Å². The molecule has 0 unspecified atom stereocenters. The third-order valence-electron chi connectivity index (χ3n) is 3.47. The molecule has 0 saturated carbocycles. The molecule has 0 aliphatic heterocycles. The summed E-state index contributed by atoms with van der Waals surface area (Å²) >= 11 is 0. The summed E-state index contributed by atoms with van der Waals surface area (Å²) in [6.45, 7) is 1.52. The number of benzene rings is 2. The second-order valence-electron chi connectivity index (χ2n) is 5.27. The molecule has 0 aliphatic carbocycles. The van der Waals surface area contributed by atoms with Gasteiger partial charge in [-0.1, -0.05) is 18.2 Å². The van der Waals surface area contributed by atoms with E-state index >= 15 is 0 Å². The van der Waals surface area contributed by atoms with Crippen molar-refractivity contribution in [3.05, 3.63) is 65.2 Å². The molecule has 0 heterocycles. The fourth-order valence-corrected chi connectivity index (χ4v) is 2.24. The average molecular weight is 334 g/mol. The predicted molar refractivity (Wildman–Crippen MR) is 88.7 cm³/mol. The van der Waals surface area contributed by atoms with Gasteiger partial charge in [-0.05, 0) is 29.8 Å². The second-order valence-corrected chi connectivity index (χ2v) is 5.27. The fraction of sp³-hybridized carbons (Fsp3) is 0.278. The lowest BCUT2D eigenvalue weighted by Crippen LogP contribution is -2.25. The number of carbonyl (C=O) groups excluding carboxylic acids is 1. The van der Waals surface area contributed by atoms with Crippen LogP contribution < -0.4 is 10.6 Å². The lowest BCUT2D eigenvalue weighted by atomic mass is 10.1. The van der Waals surface area contributed by atoms with Crippen molar-refractivity contribution < 1.29 is 18.3 Å². The normalized spacial score (nSPS) is 10.5. The van der Waals surface area contributed by atoms with Crippen LogP contribution in [-0.4, -0.2) is 26.2 Å². The van der Waals surface area contributed by atoms with Gasteiger partial charge in [0.1, 0.15) is 11.6 Å². The monoisotopic (exact) mass is 334 g/mol. The number of halogens is 2. The van der Waals surface area contributed by atoms with Crippen molar-refractivity contribution in [2.24, 2.45) is 0 Å². The lowest BCUT2D eigenvalue weighted by molar-refractivity contribution is -0.120. The molecule has 0 radical (unpaired) electrons. The van der Waals surface area contributed by atoms with E-state index in [1.54, 1.807) is 7.11 Å². The van der Waals surface area contributed by atoms with E-state index in [1.807, 2.05) is 24.3 Å². The molecule has 2 rings (SSSR count). The van der Waals surface area contributed by atoms with Gasteiger partial charge in [-0.2, -0.15) is 0 Å². The van der Waals surface area contributed by atoms with Crippen molar-refractivity contribution in [3.8, 4) is 0 Å². The molecule has 24 heavy (non-hydrogen) atoms. The Balaban J connectivity index is 1.93. The van der Waals surface area contributed by atoms with E-state index in [9.17, 15) is 13.6 Å². The first-order chi connectivity index (χ1) is 11.6. The van der Waals surface area contributed by atoms with Gasteiger partial charge in [0.2, 0.25) is 5.91 Å². The molecule has 0 spiro atoms. The molecule has 0 atom stereocenters. The molecule has 4 nitrogen and oxygen atoms in total. The number of ether oxygens (including phenoxy) is 1. The zero-order valence-electron chi connectivity index (χ0n) is 13.4. The van der Waals surface area contributed by atoms with Crippen molar-refractivity contribution in [1.29, 1.82) is 0 Å². The van der Waals surface area contributed by atoms with E-state index in [-0.39, 0.29) is 17.9 Å². The molecule has 128 valence electrons. The highest BCUT2D eigenvalue weighted by atomic mass is 19.1. The van der Waals surface area contributed by atoms with Crippen LogP contribution in [0.3, 0.4) is 0 Å². The van der Waals surface area contributed by atoms with E-state index in [2.05, 4.69) is 10.6 Å². The molecular weight excluding hydrogens is 314 g/mol. The number of anilines is 1. The number of hydrogen-bond donors (Lipinski definition) is 2. The van der Waals surface area contributed by atoms with E-state index in [0.717, 1.165) is 29.4 Å². The summed E-state index contributed by atoms with van der Waals surface area (Å²) in [5, 5.41) is 5.94. The number of amides is 1. The van der Waals surface area contributed by atoms with Crippen molar-refractivity contribution in [1.82, 2.24) is 5.32 Å². The van der Waals surface area contributed by atoms with Crippen LogP contribution in [0.2, 0.25) is 0 Å². The SMILES string of the molecule is COCCNc1ccccc1CNC(=O)Cc1cc(F)ccc1F.